The highest BCUT2D eigenvalue weighted by Crippen LogP contribution is 2.24. The Balaban J connectivity index is 1.99. The largest absolute Gasteiger partial charge is 0.494 e. The monoisotopic (exact) mass is 420 g/mol. The standard InChI is InChI=1S/C21H28N2O5S/c1-5-27-19-11-9-18(10-12-19)23(29(4,25)26)17(3)21(24)22-13-14-28-20-8-6-7-16(2)15-20/h6-12,15,17H,5,13-14H2,1-4H3,(H,22,24)/t17-/m1/s1. The summed E-state index contributed by atoms with van der Waals surface area (Å²) in [6, 6.07) is 13.3. The summed E-state index contributed by atoms with van der Waals surface area (Å²) in [4.78, 5) is 12.5. The van der Waals surface area contributed by atoms with E-state index in [-0.39, 0.29) is 13.2 Å². The molecule has 0 aliphatic heterocycles. The zero-order chi connectivity index (χ0) is 21.4. The topological polar surface area (TPSA) is 84.9 Å². The molecule has 7 nitrogen and oxygen atoms in total. The molecule has 0 aliphatic rings. The van der Waals surface area contributed by atoms with Gasteiger partial charge in [0.1, 0.15) is 24.1 Å². The van der Waals surface area contributed by atoms with Gasteiger partial charge in [0, 0.05) is 0 Å². The maximum Gasteiger partial charge on any atom is 0.243 e. The summed E-state index contributed by atoms with van der Waals surface area (Å²) in [5.41, 5.74) is 1.48. The molecule has 1 atom stereocenters. The van der Waals surface area contributed by atoms with Crippen LogP contribution in [0.4, 0.5) is 5.69 Å². The molecule has 0 radical (unpaired) electrons. The van der Waals surface area contributed by atoms with E-state index in [9.17, 15) is 13.2 Å². The number of rotatable bonds is 10. The Hall–Kier alpha value is -2.74. The van der Waals surface area contributed by atoms with Crippen molar-refractivity contribution in [3.63, 3.8) is 0 Å². The van der Waals surface area contributed by atoms with E-state index in [0.29, 0.717) is 18.0 Å². The second-order valence-electron chi connectivity index (χ2n) is 6.62. The Kier molecular flexibility index (Phi) is 7.90. The van der Waals surface area contributed by atoms with Gasteiger partial charge in [-0.3, -0.25) is 9.10 Å². The summed E-state index contributed by atoms with van der Waals surface area (Å²) in [7, 11) is -3.67. The van der Waals surface area contributed by atoms with Crippen LogP contribution in [0.2, 0.25) is 0 Å². The SMILES string of the molecule is CCOc1ccc(N([C@H](C)C(=O)NCCOc2cccc(C)c2)S(C)(=O)=O)cc1. The van der Waals surface area contributed by atoms with Crippen LogP contribution in [-0.2, 0) is 14.8 Å². The van der Waals surface area contributed by atoms with Crippen LogP contribution >= 0.6 is 0 Å². The van der Waals surface area contributed by atoms with Crippen LogP contribution in [0.1, 0.15) is 19.4 Å². The highest BCUT2D eigenvalue weighted by molar-refractivity contribution is 7.92. The van der Waals surface area contributed by atoms with Gasteiger partial charge in [-0.15, -0.1) is 0 Å². The van der Waals surface area contributed by atoms with Crippen molar-refractivity contribution in [1.82, 2.24) is 5.32 Å². The summed E-state index contributed by atoms with van der Waals surface area (Å²) in [6.45, 7) is 6.44. The minimum Gasteiger partial charge on any atom is -0.494 e. The second kappa shape index (κ2) is 10.2. The molecular formula is C21H28N2O5S. The van der Waals surface area contributed by atoms with Crippen molar-refractivity contribution in [2.45, 2.75) is 26.8 Å². The van der Waals surface area contributed by atoms with Crippen LogP contribution in [0.3, 0.4) is 0 Å². The Morgan fingerprint density at radius 2 is 1.79 bits per heavy atom. The zero-order valence-corrected chi connectivity index (χ0v) is 18.0. The fourth-order valence-electron chi connectivity index (χ4n) is 2.86. The minimum atomic E-state index is -3.67. The number of nitrogens with one attached hydrogen (secondary N) is 1. The fraction of sp³-hybridized carbons (Fsp3) is 0.381. The van der Waals surface area contributed by atoms with Gasteiger partial charge < -0.3 is 14.8 Å². The predicted molar refractivity (Wildman–Crippen MR) is 114 cm³/mol. The fourth-order valence-corrected chi connectivity index (χ4v) is 4.04. The normalized spacial score (nSPS) is 12.1. The molecule has 158 valence electrons. The number of hydrogen-bond acceptors (Lipinski definition) is 5. The molecule has 1 N–H and O–H groups in total. The predicted octanol–water partition coefficient (Wildman–Crippen LogP) is 2.74. The highest BCUT2D eigenvalue weighted by Gasteiger charge is 2.28. The number of carbonyl (C=O) groups is 1. The molecule has 0 aliphatic carbocycles. The maximum absolute atomic E-state index is 12.5. The van der Waals surface area contributed by atoms with Crippen LogP contribution in [0.25, 0.3) is 0 Å². The molecule has 1 amide bonds. The molecule has 0 aromatic heterocycles. The molecule has 8 heteroatoms. The van der Waals surface area contributed by atoms with E-state index in [4.69, 9.17) is 9.47 Å². The summed E-state index contributed by atoms with van der Waals surface area (Å²) in [5.74, 6) is 0.951. The van der Waals surface area contributed by atoms with Crippen molar-refractivity contribution in [3.8, 4) is 11.5 Å². The molecule has 0 bridgehead atoms. The molecule has 2 aromatic carbocycles. The molecule has 0 unspecified atom stereocenters. The maximum atomic E-state index is 12.5. The van der Waals surface area contributed by atoms with Crippen LogP contribution in [0.15, 0.2) is 48.5 Å². The number of nitrogens with zero attached hydrogens (tertiary/aromatic N) is 1. The van der Waals surface area contributed by atoms with Crippen molar-refractivity contribution < 1.29 is 22.7 Å². The molecule has 0 saturated heterocycles. The number of sulfonamides is 1. The van der Waals surface area contributed by atoms with Crippen LogP contribution in [0, 0.1) is 6.92 Å². The lowest BCUT2D eigenvalue weighted by Crippen LogP contribution is -2.48. The molecule has 0 saturated carbocycles. The van der Waals surface area contributed by atoms with E-state index in [2.05, 4.69) is 5.32 Å². The average Bonchev–Trinajstić information content (AvgIpc) is 2.66. The quantitative estimate of drug-likeness (QED) is 0.598. The van der Waals surface area contributed by atoms with E-state index in [1.807, 2.05) is 38.1 Å². The number of amides is 1. The van der Waals surface area contributed by atoms with Gasteiger partial charge in [0.15, 0.2) is 0 Å². The van der Waals surface area contributed by atoms with Gasteiger partial charge in [-0.25, -0.2) is 8.42 Å². The summed E-state index contributed by atoms with van der Waals surface area (Å²) >= 11 is 0. The van der Waals surface area contributed by atoms with Gasteiger partial charge in [-0.05, 0) is 62.7 Å². The van der Waals surface area contributed by atoms with E-state index in [0.717, 1.165) is 21.9 Å². The summed E-state index contributed by atoms with van der Waals surface area (Å²) < 4.78 is 36.7. The third-order valence-corrected chi connectivity index (χ3v) is 5.39. The van der Waals surface area contributed by atoms with E-state index in [1.165, 1.54) is 0 Å². The first-order valence-electron chi connectivity index (χ1n) is 9.42. The van der Waals surface area contributed by atoms with Gasteiger partial charge in [0.05, 0.1) is 25.1 Å². The lowest BCUT2D eigenvalue weighted by atomic mass is 10.2. The van der Waals surface area contributed by atoms with Crippen LogP contribution < -0.4 is 19.1 Å². The Morgan fingerprint density at radius 1 is 1.10 bits per heavy atom. The third kappa shape index (κ3) is 6.67. The molecule has 2 aromatic rings. The molecule has 0 fully saturated rings. The second-order valence-corrected chi connectivity index (χ2v) is 8.48. The first-order valence-corrected chi connectivity index (χ1v) is 11.3. The van der Waals surface area contributed by atoms with Crippen molar-refractivity contribution >= 4 is 21.6 Å². The molecule has 0 heterocycles. The van der Waals surface area contributed by atoms with Crippen LogP contribution in [0.5, 0.6) is 11.5 Å². The Labute approximate surface area is 172 Å². The highest BCUT2D eigenvalue weighted by atomic mass is 32.2. The number of anilines is 1. The number of hydrogen-bond donors (Lipinski definition) is 1. The van der Waals surface area contributed by atoms with Gasteiger partial charge in [-0.1, -0.05) is 12.1 Å². The van der Waals surface area contributed by atoms with Gasteiger partial charge in [-0.2, -0.15) is 0 Å². The molecule has 29 heavy (non-hydrogen) atoms. The first-order chi connectivity index (χ1) is 13.7. The molecule has 2 rings (SSSR count). The lowest BCUT2D eigenvalue weighted by Gasteiger charge is -2.28. The third-order valence-electron chi connectivity index (χ3n) is 4.15. The number of carbonyl (C=O) groups excluding carboxylic acids is 1. The molecular weight excluding hydrogens is 392 g/mol. The first kappa shape index (κ1) is 22.5. The average molecular weight is 421 g/mol. The van der Waals surface area contributed by atoms with Crippen molar-refractivity contribution in [1.29, 1.82) is 0 Å². The van der Waals surface area contributed by atoms with E-state index >= 15 is 0 Å². The summed E-state index contributed by atoms with van der Waals surface area (Å²) in [5, 5.41) is 2.73. The van der Waals surface area contributed by atoms with Crippen molar-refractivity contribution in [3.05, 3.63) is 54.1 Å². The Morgan fingerprint density at radius 3 is 2.38 bits per heavy atom. The van der Waals surface area contributed by atoms with E-state index in [1.54, 1.807) is 31.2 Å². The molecule has 0 spiro atoms. The Bertz CT molecular complexity index is 913. The van der Waals surface area contributed by atoms with Crippen molar-refractivity contribution in [2.75, 3.05) is 30.3 Å². The van der Waals surface area contributed by atoms with Gasteiger partial charge in [0.2, 0.25) is 15.9 Å². The van der Waals surface area contributed by atoms with E-state index < -0.39 is 22.0 Å². The van der Waals surface area contributed by atoms with Crippen molar-refractivity contribution in [2.24, 2.45) is 0 Å². The number of aryl methyl sites for hydroxylation is 1. The van der Waals surface area contributed by atoms with Crippen LogP contribution in [-0.4, -0.2) is 46.4 Å². The minimum absolute atomic E-state index is 0.262. The lowest BCUT2D eigenvalue weighted by molar-refractivity contribution is -0.121. The summed E-state index contributed by atoms with van der Waals surface area (Å²) in [6.07, 6.45) is 1.08. The van der Waals surface area contributed by atoms with Gasteiger partial charge in [0.25, 0.3) is 0 Å². The zero-order valence-electron chi connectivity index (χ0n) is 17.2. The number of benzene rings is 2. The van der Waals surface area contributed by atoms with Gasteiger partial charge >= 0.3 is 0 Å². The number of ether oxygens (including phenoxy) is 2. The smallest absolute Gasteiger partial charge is 0.243 e.